The van der Waals surface area contributed by atoms with E-state index >= 15 is 0 Å². The molecule has 0 fully saturated rings. The molecule has 0 bridgehead atoms. The van der Waals surface area contributed by atoms with Crippen LogP contribution in [0.1, 0.15) is 18.3 Å². The average Bonchev–Trinajstić information content (AvgIpc) is 3.14. The van der Waals surface area contributed by atoms with Crippen molar-refractivity contribution in [2.24, 2.45) is 0 Å². The van der Waals surface area contributed by atoms with Crippen molar-refractivity contribution >= 4 is 5.69 Å². The monoisotopic (exact) mass is 281 g/mol. The van der Waals surface area contributed by atoms with E-state index in [0.717, 1.165) is 30.4 Å². The zero-order valence-corrected chi connectivity index (χ0v) is 12.3. The second-order valence-electron chi connectivity index (χ2n) is 4.95. The summed E-state index contributed by atoms with van der Waals surface area (Å²) < 4.78 is 4.13. The van der Waals surface area contributed by atoms with Gasteiger partial charge in [0.2, 0.25) is 0 Å². The van der Waals surface area contributed by atoms with Gasteiger partial charge in [0.05, 0.1) is 11.9 Å². The zero-order chi connectivity index (χ0) is 14.7. The first kappa shape index (κ1) is 13.4. The number of aromatic nitrogens is 4. The highest BCUT2D eigenvalue weighted by atomic mass is 15.1. The summed E-state index contributed by atoms with van der Waals surface area (Å²) in [6.07, 6.45) is 9.80. The third kappa shape index (κ3) is 2.97. The molecule has 0 amide bonds. The van der Waals surface area contributed by atoms with Gasteiger partial charge in [0.1, 0.15) is 11.6 Å². The minimum absolute atomic E-state index is 0.804. The van der Waals surface area contributed by atoms with Crippen molar-refractivity contribution in [1.29, 1.82) is 0 Å². The number of anilines is 1. The molecule has 3 aromatic heterocycles. The number of pyridine rings is 1. The van der Waals surface area contributed by atoms with E-state index in [4.69, 9.17) is 0 Å². The summed E-state index contributed by atoms with van der Waals surface area (Å²) in [7, 11) is 0. The molecule has 21 heavy (non-hydrogen) atoms. The Balaban J connectivity index is 1.66. The highest BCUT2D eigenvalue weighted by Crippen LogP contribution is 2.12. The first-order chi connectivity index (χ1) is 10.3. The van der Waals surface area contributed by atoms with Gasteiger partial charge in [0, 0.05) is 37.9 Å². The quantitative estimate of drug-likeness (QED) is 0.782. The fourth-order valence-electron chi connectivity index (χ4n) is 2.25. The van der Waals surface area contributed by atoms with Crippen LogP contribution in [0.15, 0.2) is 49.2 Å². The van der Waals surface area contributed by atoms with Crippen molar-refractivity contribution in [3.05, 3.63) is 60.6 Å². The third-order valence-corrected chi connectivity index (χ3v) is 3.49. The summed E-state index contributed by atoms with van der Waals surface area (Å²) >= 11 is 0. The Kier molecular flexibility index (Phi) is 3.73. The Bertz CT molecular complexity index is 708. The molecule has 1 N–H and O–H groups in total. The Labute approximate surface area is 124 Å². The molecule has 0 radical (unpaired) electrons. The summed E-state index contributed by atoms with van der Waals surface area (Å²) in [4.78, 5) is 8.68. The normalized spacial score (nSPS) is 10.8. The Morgan fingerprint density at radius 3 is 2.67 bits per heavy atom. The van der Waals surface area contributed by atoms with E-state index in [1.807, 2.05) is 36.0 Å². The Morgan fingerprint density at radius 1 is 1.14 bits per heavy atom. The van der Waals surface area contributed by atoms with Crippen LogP contribution >= 0.6 is 0 Å². The van der Waals surface area contributed by atoms with Gasteiger partial charge in [-0.2, -0.15) is 0 Å². The summed E-state index contributed by atoms with van der Waals surface area (Å²) in [6, 6.07) is 6.17. The van der Waals surface area contributed by atoms with Crippen molar-refractivity contribution in [2.75, 3.05) is 5.32 Å². The van der Waals surface area contributed by atoms with Crippen LogP contribution in [0.2, 0.25) is 0 Å². The minimum Gasteiger partial charge on any atom is -0.380 e. The van der Waals surface area contributed by atoms with Gasteiger partial charge < -0.3 is 9.88 Å². The maximum atomic E-state index is 4.47. The molecular formula is C16H19N5. The van der Waals surface area contributed by atoms with E-state index < -0.39 is 0 Å². The minimum atomic E-state index is 0.804. The lowest BCUT2D eigenvalue weighted by molar-refractivity contribution is 0.766. The predicted octanol–water partition coefficient (Wildman–Crippen LogP) is 3.01. The van der Waals surface area contributed by atoms with E-state index in [-0.39, 0.29) is 0 Å². The molecule has 0 saturated carbocycles. The van der Waals surface area contributed by atoms with Crippen LogP contribution < -0.4 is 5.32 Å². The number of nitrogens with zero attached hydrogens (tertiary/aromatic N) is 4. The molecule has 0 spiro atoms. The van der Waals surface area contributed by atoms with Crippen LogP contribution in [-0.4, -0.2) is 19.1 Å². The molecule has 3 heterocycles. The van der Waals surface area contributed by atoms with E-state index in [1.54, 1.807) is 6.20 Å². The fourth-order valence-corrected chi connectivity index (χ4v) is 2.25. The summed E-state index contributed by atoms with van der Waals surface area (Å²) in [6.45, 7) is 5.91. The molecule has 5 nitrogen and oxygen atoms in total. The molecule has 3 rings (SSSR count). The molecule has 5 heteroatoms. The lowest BCUT2D eigenvalue weighted by atomic mass is 10.3. The van der Waals surface area contributed by atoms with E-state index in [1.165, 1.54) is 5.56 Å². The van der Waals surface area contributed by atoms with Crippen molar-refractivity contribution < 1.29 is 0 Å². The zero-order valence-electron chi connectivity index (χ0n) is 12.3. The van der Waals surface area contributed by atoms with Crippen molar-refractivity contribution in [3.8, 4) is 5.82 Å². The maximum Gasteiger partial charge on any atom is 0.138 e. The van der Waals surface area contributed by atoms with Crippen LogP contribution in [-0.2, 0) is 13.1 Å². The molecule has 0 atom stereocenters. The number of hydrogen-bond acceptors (Lipinski definition) is 3. The van der Waals surface area contributed by atoms with E-state index in [9.17, 15) is 0 Å². The molecular weight excluding hydrogens is 262 g/mol. The van der Waals surface area contributed by atoms with Gasteiger partial charge in [-0.25, -0.2) is 9.97 Å². The molecule has 0 aromatic carbocycles. The maximum absolute atomic E-state index is 4.47. The largest absolute Gasteiger partial charge is 0.380 e. The third-order valence-electron chi connectivity index (χ3n) is 3.49. The van der Waals surface area contributed by atoms with Crippen LogP contribution in [0.4, 0.5) is 5.69 Å². The lowest BCUT2D eigenvalue weighted by Gasteiger charge is -2.07. The van der Waals surface area contributed by atoms with Crippen molar-refractivity contribution in [1.82, 2.24) is 19.1 Å². The van der Waals surface area contributed by atoms with Gasteiger partial charge >= 0.3 is 0 Å². The van der Waals surface area contributed by atoms with E-state index in [0.29, 0.717) is 0 Å². The van der Waals surface area contributed by atoms with Gasteiger partial charge in [-0.05, 0) is 37.6 Å². The highest BCUT2D eigenvalue weighted by Gasteiger charge is 2.02. The molecule has 108 valence electrons. The standard InChI is InChI=1S/C16H19N5/c1-3-20-8-6-14(12-20)10-18-15-4-5-16(19-11-15)21-9-7-17-13(21)2/h4-9,11-12,18H,3,10H2,1-2H3. The smallest absolute Gasteiger partial charge is 0.138 e. The molecule has 0 aliphatic heterocycles. The number of imidazole rings is 1. The molecule has 0 saturated heterocycles. The SMILES string of the molecule is CCn1ccc(CNc2ccc(-n3ccnc3C)nc2)c1. The number of aryl methyl sites for hydroxylation is 2. The lowest BCUT2D eigenvalue weighted by Crippen LogP contribution is -2.02. The average molecular weight is 281 g/mol. The topological polar surface area (TPSA) is 47.7 Å². The van der Waals surface area contributed by atoms with Crippen molar-refractivity contribution in [3.63, 3.8) is 0 Å². The van der Waals surface area contributed by atoms with Gasteiger partial charge in [-0.1, -0.05) is 0 Å². The Hall–Kier alpha value is -2.56. The Morgan fingerprint density at radius 2 is 2.05 bits per heavy atom. The van der Waals surface area contributed by atoms with Gasteiger partial charge in [-0.3, -0.25) is 4.57 Å². The van der Waals surface area contributed by atoms with Crippen LogP contribution in [0.5, 0.6) is 0 Å². The van der Waals surface area contributed by atoms with Gasteiger partial charge in [-0.15, -0.1) is 0 Å². The van der Waals surface area contributed by atoms with Gasteiger partial charge in [0.15, 0.2) is 0 Å². The molecule has 0 aliphatic rings. The van der Waals surface area contributed by atoms with Crippen LogP contribution in [0, 0.1) is 6.92 Å². The summed E-state index contributed by atoms with van der Waals surface area (Å²) in [5.74, 6) is 1.82. The van der Waals surface area contributed by atoms with Crippen LogP contribution in [0.3, 0.4) is 0 Å². The first-order valence-corrected chi connectivity index (χ1v) is 7.11. The second-order valence-corrected chi connectivity index (χ2v) is 4.95. The van der Waals surface area contributed by atoms with Crippen molar-refractivity contribution in [2.45, 2.75) is 26.9 Å². The second kappa shape index (κ2) is 5.83. The number of hydrogen-bond donors (Lipinski definition) is 1. The molecule has 3 aromatic rings. The molecule has 0 unspecified atom stereocenters. The first-order valence-electron chi connectivity index (χ1n) is 7.11. The number of rotatable bonds is 5. The predicted molar refractivity (Wildman–Crippen MR) is 83.5 cm³/mol. The fraction of sp³-hybridized carbons (Fsp3) is 0.250. The van der Waals surface area contributed by atoms with Gasteiger partial charge in [0.25, 0.3) is 0 Å². The summed E-state index contributed by atoms with van der Waals surface area (Å²) in [5.41, 5.74) is 2.28. The van der Waals surface area contributed by atoms with Crippen LogP contribution in [0.25, 0.3) is 5.82 Å². The molecule has 0 aliphatic carbocycles. The number of nitrogens with one attached hydrogen (secondary N) is 1. The summed E-state index contributed by atoms with van der Waals surface area (Å²) in [5, 5.41) is 3.38. The highest BCUT2D eigenvalue weighted by molar-refractivity contribution is 5.44. The van der Waals surface area contributed by atoms with E-state index in [2.05, 4.69) is 45.2 Å².